The lowest BCUT2D eigenvalue weighted by atomic mass is 9.88. The van der Waals surface area contributed by atoms with E-state index in [-0.39, 0.29) is 12.1 Å². The van der Waals surface area contributed by atoms with E-state index in [1.165, 1.54) is 27.8 Å². The molecule has 0 spiro atoms. The van der Waals surface area contributed by atoms with Crippen LogP contribution in [0.3, 0.4) is 0 Å². The van der Waals surface area contributed by atoms with Crippen LogP contribution in [0.2, 0.25) is 0 Å². The molecule has 6 aromatic rings. The van der Waals surface area contributed by atoms with Crippen molar-refractivity contribution in [2.24, 2.45) is 0 Å². The van der Waals surface area contributed by atoms with Crippen molar-refractivity contribution in [1.29, 1.82) is 0 Å². The fraction of sp³-hybridized carbons (Fsp3) is 0.294. The van der Waals surface area contributed by atoms with Crippen molar-refractivity contribution in [1.82, 2.24) is 9.80 Å². The number of hydrogen-bond donors (Lipinski definition) is 0. The molecule has 8 heteroatoms. The zero-order valence-corrected chi connectivity index (χ0v) is 34.8. The van der Waals surface area contributed by atoms with E-state index < -0.39 is 0 Å². The number of nitrogens with zero attached hydrogens (tertiary/aromatic N) is 2. The Morgan fingerprint density at radius 2 is 0.949 bits per heavy atom. The number of fused-ring (bicyclic) bond motifs is 2. The van der Waals surface area contributed by atoms with Gasteiger partial charge in [-0.1, -0.05) is 78.9 Å². The van der Waals surface area contributed by atoms with Gasteiger partial charge in [-0.3, -0.25) is 9.80 Å². The van der Waals surface area contributed by atoms with Crippen molar-refractivity contribution in [2.75, 3.05) is 48.5 Å². The summed E-state index contributed by atoms with van der Waals surface area (Å²) < 4.78 is 37.2. The topological polar surface area (TPSA) is 61.9 Å². The molecule has 0 aromatic heterocycles. The molecular weight excluding hydrogens is 737 g/mol. The van der Waals surface area contributed by atoms with Crippen LogP contribution in [0.5, 0.6) is 40.2 Å². The molecule has 2 heterocycles. The molecule has 8 rings (SSSR count). The predicted octanol–water partition coefficient (Wildman–Crippen LogP) is 10.2. The van der Waals surface area contributed by atoms with Gasteiger partial charge in [-0.05, 0) is 133 Å². The van der Waals surface area contributed by atoms with Gasteiger partial charge in [0, 0.05) is 25.2 Å². The molecule has 0 bridgehead atoms. The standard InChI is InChI=1S/C51H54N2O6/c1-52-24-23-40-30-48(56-5)51(32-43(40)44(52)26-35-16-19-41(54-3)20-17-35)59-50-28-38(18-21-46(50)57-33-36-12-8-6-9-13-36)27-45-42-31-49(58-34-37-14-10-7-11-15-37)47(55-4)29-39(42)22-25-53(45)2/h6-21,28-32,44-45H,22-27,33-34H2,1-5H3. The fourth-order valence-corrected chi connectivity index (χ4v) is 8.39. The molecule has 0 N–H and O–H groups in total. The molecule has 0 radical (unpaired) electrons. The number of hydrogen-bond acceptors (Lipinski definition) is 8. The van der Waals surface area contributed by atoms with Crippen molar-refractivity contribution in [3.8, 4) is 40.2 Å². The normalized spacial score (nSPS) is 16.4. The smallest absolute Gasteiger partial charge is 0.169 e. The summed E-state index contributed by atoms with van der Waals surface area (Å²) in [5.74, 6) is 5.05. The maximum Gasteiger partial charge on any atom is 0.169 e. The van der Waals surface area contributed by atoms with Crippen LogP contribution in [0.15, 0.2) is 127 Å². The first-order valence-electron chi connectivity index (χ1n) is 20.5. The summed E-state index contributed by atoms with van der Waals surface area (Å²) in [6.45, 7) is 2.78. The Labute approximate surface area is 348 Å². The van der Waals surface area contributed by atoms with E-state index in [1.54, 1.807) is 21.3 Å². The Kier molecular flexibility index (Phi) is 12.4. The molecule has 0 saturated carbocycles. The molecule has 304 valence electrons. The van der Waals surface area contributed by atoms with Crippen molar-refractivity contribution in [3.05, 3.63) is 172 Å². The Bertz CT molecular complexity index is 2330. The number of benzene rings is 6. The van der Waals surface area contributed by atoms with Gasteiger partial charge in [-0.2, -0.15) is 0 Å². The zero-order valence-electron chi connectivity index (χ0n) is 34.8. The first-order chi connectivity index (χ1) is 28.9. The molecule has 0 fully saturated rings. The summed E-state index contributed by atoms with van der Waals surface area (Å²) in [6, 6.07) is 44.1. The van der Waals surface area contributed by atoms with Gasteiger partial charge in [0.25, 0.3) is 0 Å². The molecule has 2 atom stereocenters. The number of likely N-dealkylation sites (N-methyl/N-ethyl adjacent to an activating group) is 2. The molecule has 59 heavy (non-hydrogen) atoms. The van der Waals surface area contributed by atoms with Gasteiger partial charge in [0.05, 0.1) is 21.3 Å². The Morgan fingerprint density at radius 3 is 1.51 bits per heavy atom. The molecular formula is C51H54N2O6. The van der Waals surface area contributed by atoms with E-state index in [0.29, 0.717) is 36.2 Å². The summed E-state index contributed by atoms with van der Waals surface area (Å²) in [4.78, 5) is 4.87. The maximum atomic E-state index is 6.96. The van der Waals surface area contributed by atoms with Crippen LogP contribution < -0.4 is 28.4 Å². The van der Waals surface area contributed by atoms with Crippen molar-refractivity contribution >= 4 is 0 Å². The quantitative estimate of drug-likeness (QED) is 0.102. The summed E-state index contributed by atoms with van der Waals surface area (Å²) in [6.07, 6.45) is 3.50. The number of rotatable bonds is 15. The van der Waals surface area contributed by atoms with Gasteiger partial charge >= 0.3 is 0 Å². The second-order valence-electron chi connectivity index (χ2n) is 15.6. The first kappa shape index (κ1) is 39.8. The van der Waals surface area contributed by atoms with Crippen LogP contribution in [-0.4, -0.2) is 58.3 Å². The van der Waals surface area contributed by atoms with Gasteiger partial charge in [0.15, 0.2) is 34.5 Å². The van der Waals surface area contributed by atoms with Crippen LogP contribution in [0.1, 0.15) is 56.6 Å². The van der Waals surface area contributed by atoms with Crippen LogP contribution >= 0.6 is 0 Å². The maximum absolute atomic E-state index is 6.96. The SMILES string of the molecule is COc1ccc(CC2c3cc(Oc4cc(CC5c6cc(OCc7ccccc7)c(OC)cc6CCN5C)ccc4OCc4ccccc4)c(OC)cc3CCN2C)cc1. The Morgan fingerprint density at radius 1 is 0.458 bits per heavy atom. The van der Waals surface area contributed by atoms with Gasteiger partial charge in [0.1, 0.15) is 19.0 Å². The minimum Gasteiger partial charge on any atom is -0.497 e. The molecule has 8 nitrogen and oxygen atoms in total. The van der Waals surface area contributed by atoms with E-state index in [2.05, 4.69) is 96.7 Å². The third kappa shape index (κ3) is 9.20. The van der Waals surface area contributed by atoms with Gasteiger partial charge in [-0.25, -0.2) is 0 Å². The van der Waals surface area contributed by atoms with Crippen molar-refractivity contribution in [3.63, 3.8) is 0 Å². The summed E-state index contributed by atoms with van der Waals surface area (Å²) in [5.41, 5.74) is 9.63. The first-order valence-corrected chi connectivity index (χ1v) is 20.5. The summed E-state index contributed by atoms with van der Waals surface area (Å²) >= 11 is 0. The van der Waals surface area contributed by atoms with E-state index in [4.69, 9.17) is 28.4 Å². The van der Waals surface area contributed by atoms with Crippen molar-refractivity contribution < 1.29 is 28.4 Å². The second kappa shape index (κ2) is 18.3. The lowest BCUT2D eigenvalue weighted by molar-refractivity contribution is 0.226. The highest BCUT2D eigenvalue weighted by Gasteiger charge is 2.30. The lowest BCUT2D eigenvalue weighted by Gasteiger charge is -2.36. The highest BCUT2D eigenvalue weighted by atomic mass is 16.5. The van der Waals surface area contributed by atoms with Crippen LogP contribution in [0.4, 0.5) is 0 Å². The molecule has 2 aliphatic rings. The minimum atomic E-state index is 0.111. The van der Waals surface area contributed by atoms with E-state index in [1.807, 2.05) is 54.6 Å². The fourth-order valence-electron chi connectivity index (χ4n) is 8.39. The zero-order chi connectivity index (χ0) is 40.7. The highest BCUT2D eigenvalue weighted by Crippen LogP contribution is 2.44. The third-order valence-corrected chi connectivity index (χ3v) is 11.8. The van der Waals surface area contributed by atoms with Crippen LogP contribution in [0, 0.1) is 0 Å². The van der Waals surface area contributed by atoms with Gasteiger partial charge in [-0.15, -0.1) is 0 Å². The number of methoxy groups -OCH3 is 3. The molecule has 0 saturated heterocycles. The van der Waals surface area contributed by atoms with Gasteiger partial charge in [0.2, 0.25) is 0 Å². The average molecular weight is 791 g/mol. The second-order valence-corrected chi connectivity index (χ2v) is 15.6. The Hall–Kier alpha value is -5.96. The minimum absolute atomic E-state index is 0.111. The van der Waals surface area contributed by atoms with Crippen molar-refractivity contribution in [2.45, 2.75) is 51.0 Å². The monoisotopic (exact) mass is 790 g/mol. The Balaban J connectivity index is 1.12. The molecule has 6 aromatic carbocycles. The van der Waals surface area contributed by atoms with Crippen LogP contribution in [0.25, 0.3) is 0 Å². The van der Waals surface area contributed by atoms with Crippen LogP contribution in [-0.2, 0) is 38.9 Å². The molecule has 2 aliphatic heterocycles. The molecule has 0 aliphatic carbocycles. The third-order valence-electron chi connectivity index (χ3n) is 11.8. The molecule has 0 amide bonds. The van der Waals surface area contributed by atoms with E-state index in [9.17, 15) is 0 Å². The lowest BCUT2D eigenvalue weighted by Crippen LogP contribution is -2.33. The number of ether oxygens (including phenoxy) is 6. The van der Waals surface area contributed by atoms with E-state index in [0.717, 1.165) is 72.7 Å². The average Bonchev–Trinajstić information content (AvgIpc) is 3.28. The van der Waals surface area contributed by atoms with E-state index >= 15 is 0 Å². The predicted molar refractivity (Wildman–Crippen MR) is 233 cm³/mol. The van der Waals surface area contributed by atoms with Gasteiger partial charge < -0.3 is 28.4 Å². The summed E-state index contributed by atoms with van der Waals surface area (Å²) in [7, 11) is 9.53. The highest BCUT2D eigenvalue weighted by molar-refractivity contribution is 5.55. The summed E-state index contributed by atoms with van der Waals surface area (Å²) in [5, 5.41) is 0. The molecule has 2 unspecified atom stereocenters. The largest absolute Gasteiger partial charge is 0.497 e.